The summed E-state index contributed by atoms with van der Waals surface area (Å²) >= 11 is 0. The lowest BCUT2D eigenvalue weighted by molar-refractivity contribution is 0.619. The van der Waals surface area contributed by atoms with Gasteiger partial charge in [-0.3, -0.25) is 0 Å². The highest BCUT2D eigenvalue weighted by Gasteiger charge is 2.07. The molecule has 4 aromatic carbocycles. The van der Waals surface area contributed by atoms with Crippen LogP contribution in [0.25, 0.3) is 21.9 Å². The van der Waals surface area contributed by atoms with E-state index in [2.05, 4.69) is 74.2 Å². The van der Waals surface area contributed by atoms with E-state index in [0.29, 0.717) is 5.39 Å². The lowest BCUT2D eigenvalue weighted by atomic mass is 10.0. The zero-order valence-corrected chi connectivity index (χ0v) is 18.2. The molecule has 1 heteroatoms. The number of hydrogen-bond acceptors (Lipinski definition) is 0. The molecule has 0 aromatic heterocycles. The van der Waals surface area contributed by atoms with Crippen LogP contribution in [0.15, 0.2) is 78.9 Å². The van der Waals surface area contributed by atoms with Gasteiger partial charge in [-0.05, 0) is 64.7 Å². The molecule has 0 unspecified atom stereocenters. The Morgan fingerprint density at radius 3 is 1.94 bits per heavy atom. The van der Waals surface area contributed by atoms with Crippen molar-refractivity contribution in [1.29, 1.82) is 0 Å². The van der Waals surface area contributed by atoms with Gasteiger partial charge in [0.15, 0.2) is 0 Å². The SMILES string of the molecule is CCCc1ccc(-c2ccc(C#Cc3ccc4c(F)c(CCC)ccc4c3)cc2)cc1. The maximum absolute atomic E-state index is 14.6. The maximum Gasteiger partial charge on any atom is 0.134 e. The quantitative estimate of drug-likeness (QED) is 0.295. The predicted molar refractivity (Wildman–Crippen MR) is 130 cm³/mol. The molecule has 0 atom stereocenters. The van der Waals surface area contributed by atoms with Gasteiger partial charge in [-0.1, -0.05) is 93.1 Å². The normalized spacial score (nSPS) is 10.7. The third-order valence-electron chi connectivity index (χ3n) is 5.62. The lowest BCUT2D eigenvalue weighted by Gasteiger charge is -2.06. The third kappa shape index (κ3) is 4.86. The summed E-state index contributed by atoms with van der Waals surface area (Å²) in [4.78, 5) is 0. The third-order valence-corrected chi connectivity index (χ3v) is 5.62. The van der Waals surface area contributed by atoms with Gasteiger partial charge in [-0.2, -0.15) is 0 Å². The first-order chi connectivity index (χ1) is 15.2. The summed E-state index contributed by atoms with van der Waals surface area (Å²) < 4.78 is 14.6. The predicted octanol–water partition coefficient (Wildman–Crippen LogP) is 7.95. The molecule has 0 aliphatic rings. The van der Waals surface area contributed by atoms with Crippen molar-refractivity contribution in [2.24, 2.45) is 0 Å². The molecule has 0 fully saturated rings. The van der Waals surface area contributed by atoms with Crippen molar-refractivity contribution in [3.8, 4) is 23.0 Å². The van der Waals surface area contributed by atoms with E-state index in [9.17, 15) is 4.39 Å². The second-order valence-corrected chi connectivity index (χ2v) is 8.00. The molecular weight excluding hydrogens is 379 g/mol. The van der Waals surface area contributed by atoms with Crippen molar-refractivity contribution in [3.05, 3.63) is 107 Å². The fourth-order valence-corrected chi connectivity index (χ4v) is 3.92. The first-order valence-corrected chi connectivity index (χ1v) is 11.1. The first kappa shape index (κ1) is 20.9. The van der Waals surface area contributed by atoms with Crippen molar-refractivity contribution in [1.82, 2.24) is 0 Å². The monoisotopic (exact) mass is 406 g/mol. The molecule has 154 valence electrons. The van der Waals surface area contributed by atoms with Crippen molar-refractivity contribution in [2.45, 2.75) is 39.5 Å². The molecule has 31 heavy (non-hydrogen) atoms. The fraction of sp³-hybridized carbons (Fsp3) is 0.200. The van der Waals surface area contributed by atoms with E-state index < -0.39 is 0 Å². The summed E-state index contributed by atoms with van der Waals surface area (Å²) in [6.45, 7) is 4.27. The molecule has 0 aliphatic heterocycles. The van der Waals surface area contributed by atoms with Crippen molar-refractivity contribution in [3.63, 3.8) is 0 Å². The molecule has 0 radical (unpaired) electrons. The van der Waals surface area contributed by atoms with Crippen LogP contribution < -0.4 is 0 Å². The Kier molecular flexibility index (Phi) is 6.48. The summed E-state index contributed by atoms with van der Waals surface area (Å²) in [5, 5.41) is 1.57. The van der Waals surface area contributed by atoms with Crippen LogP contribution in [-0.4, -0.2) is 0 Å². The van der Waals surface area contributed by atoms with Gasteiger partial charge in [0.1, 0.15) is 5.82 Å². The molecule has 0 heterocycles. The Labute approximate surface area is 184 Å². The number of fused-ring (bicyclic) bond motifs is 1. The summed E-state index contributed by atoms with van der Waals surface area (Å²) in [5.74, 6) is 6.35. The van der Waals surface area contributed by atoms with E-state index in [-0.39, 0.29) is 5.82 Å². The van der Waals surface area contributed by atoms with Crippen LogP contribution >= 0.6 is 0 Å². The molecule has 0 amide bonds. The van der Waals surface area contributed by atoms with Crippen molar-refractivity contribution < 1.29 is 4.39 Å². The minimum atomic E-state index is -0.0998. The van der Waals surface area contributed by atoms with Crippen LogP contribution in [-0.2, 0) is 12.8 Å². The van der Waals surface area contributed by atoms with E-state index in [1.54, 1.807) is 0 Å². The number of aryl methyl sites for hydroxylation is 2. The molecule has 0 saturated heterocycles. The maximum atomic E-state index is 14.6. The van der Waals surface area contributed by atoms with E-state index in [4.69, 9.17) is 0 Å². The highest BCUT2D eigenvalue weighted by molar-refractivity contribution is 5.85. The largest absolute Gasteiger partial charge is 0.206 e. The summed E-state index contributed by atoms with van der Waals surface area (Å²) in [7, 11) is 0. The molecule has 0 N–H and O–H groups in total. The summed E-state index contributed by atoms with van der Waals surface area (Å²) in [5.41, 5.74) is 6.44. The van der Waals surface area contributed by atoms with Crippen LogP contribution in [0.3, 0.4) is 0 Å². The summed E-state index contributed by atoms with van der Waals surface area (Å²) in [6, 6.07) is 26.7. The topological polar surface area (TPSA) is 0 Å². The highest BCUT2D eigenvalue weighted by atomic mass is 19.1. The van der Waals surface area contributed by atoms with Gasteiger partial charge in [0, 0.05) is 16.5 Å². The van der Waals surface area contributed by atoms with Gasteiger partial charge in [0.05, 0.1) is 0 Å². The molecule has 4 aromatic rings. The van der Waals surface area contributed by atoms with Crippen molar-refractivity contribution >= 4 is 10.8 Å². The van der Waals surface area contributed by atoms with Crippen LogP contribution in [0, 0.1) is 17.7 Å². The van der Waals surface area contributed by atoms with E-state index >= 15 is 0 Å². The van der Waals surface area contributed by atoms with Gasteiger partial charge in [0.25, 0.3) is 0 Å². The van der Waals surface area contributed by atoms with Crippen LogP contribution in [0.1, 0.15) is 48.9 Å². The molecule has 0 bridgehead atoms. The first-order valence-electron chi connectivity index (χ1n) is 11.1. The van der Waals surface area contributed by atoms with E-state index in [0.717, 1.165) is 41.3 Å². The van der Waals surface area contributed by atoms with E-state index in [1.165, 1.54) is 23.1 Å². The molecule has 0 spiro atoms. The Morgan fingerprint density at radius 1 is 0.645 bits per heavy atom. The molecule has 0 aliphatic carbocycles. The minimum absolute atomic E-state index is 0.0998. The zero-order chi connectivity index (χ0) is 21.6. The number of halogens is 1. The Balaban J connectivity index is 1.53. The second kappa shape index (κ2) is 9.63. The van der Waals surface area contributed by atoms with Gasteiger partial charge in [-0.15, -0.1) is 0 Å². The van der Waals surface area contributed by atoms with Crippen LogP contribution in [0.5, 0.6) is 0 Å². The molecule has 0 saturated carbocycles. The minimum Gasteiger partial charge on any atom is -0.206 e. The van der Waals surface area contributed by atoms with Gasteiger partial charge < -0.3 is 0 Å². The van der Waals surface area contributed by atoms with Crippen molar-refractivity contribution in [2.75, 3.05) is 0 Å². The highest BCUT2D eigenvalue weighted by Crippen LogP contribution is 2.24. The van der Waals surface area contributed by atoms with Gasteiger partial charge in [-0.25, -0.2) is 4.39 Å². The van der Waals surface area contributed by atoms with Gasteiger partial charge >= 0.3 is 0 Å². The molecule has 4 rings (SSSR count). The van der Waals surface area contributed by atoms with Gasteiger partial charge in [0.2, 0.25) is 0 Å². The second-order valence-electron chi connectivity index (χ2n) is 8.00. The standard InChI is InChI=1S/C30H27F/c1-3-5-22-9-14-25(15-10-22)26-16-11-23(12-17-26)7-8-24-13-20-29-28(21-24)19-18-27(6-4-2)30(29)31/h9-21H,3-6H2,1-2H3. The van der Waals surface area contributed by atoms with E-state index in [1.807, 2.05) is 30.3 Å². The number of rotatable bonds is 5. The summed E-state index contributed by atoms with van der Waals surface area (Å²) in [6.07, 6.45) is 3.99. The zero-order valence-electron chi connectivity index (χ0n) is 18.2. The Bertz CT molecular complexity index is 1240. The Hall–Kier alpha value is -3.37. The average molecular weight is 407 g/mol. The number of benzene rings is 4. The number of hydrogen-bond donors (Lipinski definition) is 0. The van der Waals surface area contributed by atoms with Crippen LogP contribution in [0.4, 0.5) is 4.39 Å². The smallest absolute Gasteiger partial charge is 0.134 e. The molecule has 0 nitrogen and oxygen atoms in total. The fourth-order valence-electron chi connectivity index (χ4n) is 3.92. The molecular formula is C30H27F. The average Bonchev–Trinajstić information content (AvgIpc) is 2.81. The lowest BCUT2D eigenvalue weighted by Crippen LogP contribution is -1.91. The Morgan fingerprint density at radius 2 is 1.26 bits per heavy atom. The van der Waals surface area contributed by atoms with Crippen LogP contribution in [0.2, 0.25) is 0 Å².